The van der Waals surface area contributed by atoms with Crippen LogP contribution in [0.1, 0.15) is 0 Å². The fourth-order valence-electron chi connectivity index (χ4n) is 1.60. The largest absolute Gasteiger partial charge is 0.317 e. The van der Waals surface area contributed by atoms with E-state index < -0.39 is 10.0 Å². The summed E-state index contributed by atoms with van der Waals surface area (Å²) in [6.07, 6.45) is 1.58. The molecule has 0 fully saturated rings. The number of nitrogens with one attached hydrogen (secondary N) is 1. The maximum Gasteiger partial charge on any atom is 0.233 e. The summed E-state index contributed by atoms with van der Waals surface area (Å²) >= 11 is 5.44. The van der Waals surface area contributed by atoms with Gasteiger partial charge < -0.3 is 4.57 Å². The average molecular weight is 301 g/mol. The minimum Gasteiger partial charge on any atom is -0.317 e. The molecule has 0 unspecified atom stereocenters. The summed E-state index contributed by atoms with van der Waals surface area (Å²) in [7, 11) is -1.59. The molecule has 2 aromatic rings. The molecule has 1 N–H and O–H groups in total. The lowest BCUT2D eigenvalue weighted by Gasteiger charge is -2.08. The average Bonchev–Trinajstić information content (AvgIpc) is 2.75. The van der Waals surface area contributed by atoms with Crippen LogP contribution in [0.3, 0.4) is 0 Å². The molecule has 6 nitrogen and oxygen atoms in total. The van der Waals surface area contributed by atoms with Crippen molar-refractivity contribution in [3.8, 4) is 11.4 Å². The van der Waals surface area contributed by atoms with Crippen LogP contribution in [0.5, 0.6) is 0 Å². The first-order chi connectivity index (χ1) is 9.02. The maximum atomic E-state index is 11.6. The molecule has 19 heavy (non-hydrogen) atoms. The van der Waals surface area contributed by atoms with Gasteiger partial charge in [-0.15, -0.1) is 21.8 Å². The van der Waals surface area contributed by atoms with Crippen LogP contribution >= 0.6 is 11.6 Å². The summed E-state index contributed by atoms with van der Waals surface area (Å²) in [5.74, 6) is 0.597. The maximum absolute atomic E-state index is 11.6. The number of nitrogens with zero attached hydrogens (tertiary/aromatic N) is 3. The molecule has 1 aromatic heterocycles. The standard InChI is InChI=1S/C11H13ClN4O2S/c1-16-8-13-14-11(16)9-3-2-4-10(7-9)15-19(17,18)6-5-12/h2-4,7-8,15H,5-6H2,1H3. The highest BCUT2D eigenvalue weighted by Gasteiger charge is 2.11. The molecule has 0 amide bonds. The molecule has 0 radical (unpaired) electrons. The Bertz CT molecular complexity index is 669. The lowest BCUT2D eigenvalue weighted by atomic mass is 10.2. The molecule has 1 aromatic carbocycles. The van der Waals surface area contributed by atoms with E-state index in [1.807, 2.05) is 13.1 Å². The van der Waals surface area contributed by atoms with Crippen LogP contribution in [0.4, 0.5) is 5.69 Å². The molecular weight excluding hydrogens is 288 g/mol. The number of sulfonamides is 1. The van der Waals surface area contributed by atoms with Gasteiger partial charge in [0.15, 0.2) is 5.82 Å². The summed E-state index contributed by atoms with van der Waals surface area (Å²) in [6.45, 7) is 0. The van der Waals surface area contributed by atoms with E-state index in [1.54, 1.807) is 29.1 Å². The molecule has 1 heterocycles. The SMILES string of the molecule is Cn1cnnc1-c1cccc(NS(=O)(=O)CCCl)c1. The van der Waals surface area contributed by atoms with Gasteiger partial charge in [-0.05, 0) is 12.1 Å². The summed E-state index contributed by atoms with van der Waals surface area (Å²) < 4.78 is 27.5. The highest BCUT2D eigenvalue weighted by Crippen LogP contribution is 2.20. The van der Waals surface area contributed by atoms with E-state index in [0.29, 0.717) is 11.5 Å². The Labute approximate surface area is 116 Å². The van der Waals surface area contributed by atoms with E-state index in [9.17, 15) is 8.42 Å². The molecule has 0 aliphatic carbocycles. The quantitative estimate of drug-likeness (QED) is 0.848. The van der Waals surface area contributed by atoms with E-state index in [1.165, 1.54) is 0 Å². The van der Waals surface area contributed by atoms with Crippen LogP contribution in [0, 0.1) is 0 Å². The lowest BCUT2D eigenvalue weighted by Crippen LogP contribution is -2.17. The minimum absolute atomic E-state index is 0.0539. The van der Waals surface area contributed by atoms with E-state index in [0.717, 1.165) is 5.56 Å². The molecule has 0 atom stereocenters. The lowest BCUT2D eigenvalue weighted by molar-refractivity contribution is 0.602. The third-order valence-corrected chi connectivity index (χ3v) is 4.15. The van der Waals surface area contributed by atoms with Gasteiger partial charge in [-0.2, -0.15) is 0 Å². The van der Waals surface area contributed by atoms with Gasteiger partial charge in [-0.25, -0.2) is 8.42 Å². The third-order valence-electron chi connectivity index (χ3n) is 2.45. The molecule has 102 valence electrons. The second-order valence-corrected chi connectivity index (χ2v) is 6.18. The highest BCUT2D eigenvalue weighted by atomic mass is 35.5. The van der Waals surface area contributed by atoms with E-state index in [4.69, 9.17) is 11.6 Å². The zero-order valence-electron chi connectivity index (χ0n) is 10.2. The van der Waals surface area contributed by atoms with Crippen molar-refractivity contribution in [3.05, 3.63) is 30.6 Å². The first-order valence-electron chi connectivity index (χ1n) is 5.53. The van der Waals surface area contributed by atoms with Gasteiger partial charge in [0.25, 0.3) is 0 Å². The molecule has 0 aliphatic rings. The first-order valence-corrected chi connectivity index (χ1v) is 7.71. The van der Waals surface area contributed by atoms with Crippen LogP contribution in [0.2, 0.25) is 0 Å². The zero-order chi connectivity index (χ0) is 13.9. The normalized spacial score (nSPS) is 11.5. The Balaban J connectivity index is 2.28. The monoisotopic (exact) mass is 300 g/mol. The van der Waals surface area contributed by atoms with Gasteiger partial charge >= 0.3 is 0 Å². The van der Waals surface area contributed by atoms with Gasteiger partial charge in [-0.3, -0.25) is 4.72 Å². The van der Waals surface area contributed by atoms with Crippen molar-refractivity contribution in [2.24, 2.45) is 7.05 Å². The molecule has 0 saturated heterocycles. The number of alkyl halides is 1. The van der Waals surface area contributed by atoms with Gasteiger partial charge in [0, 0.05) is 24.2 Å². The fourth-order valence-corrected chi connectivity index (χ4v) is 3.00. The van der Waals surface area contributed by atoms with Gasteiger partial charge in [-0.1, -0.05) is 12.1 Å². The smallest absolute Gasteiger partial charge is 0.233 e. The molecule has 2 rings (SSSR count). The predicted octanol–water partition coefficient (Wildman–Crippen LogP) is 1.46. The topological polar surface area (TPSA) is 76.9 Å². The van der Waals surface area contributed by atoms with Crippen molar-refractivity contribution >= 4 is 27.3 Å². The summed E-state index contributed by atoms with van der Waals surface area (Å²) in [5.41, 5.74) is 1.26. The van der Waals surface area contributed by atoms with Crippen LogP contribution in [-0.4, -0.2) is 34.8 Å². The Hall–Kier alpha value is -1.60. The van der Waals surface area contributed by atoms with Crippen molar-refractivity contribution in [2.75, 3.05) is 16.4 Å². The first kappa shape index (κ1) is 13.8. The van der Waals surface area contributed by atoms with Crippen LogP contribution in [0.15, 0.2) is 30.6 Å². The number of aromatic nitrogens is 3. The number of aryl methyl sites for hydroxylation is 1. The summed E-state index contributed by atoms with van der Waals surface area (Å²) in [5, 5.41) is 7.76. The van der Waals surface area contributed by atoms with Gasteiger partial charge in [0.05, 0.1) is 5.75 Å². The van der Waals surface area contributed by atoms with Crippen molar-refractivity contribution in [3.63, 3.8) is 0 Å². The third kappa shape index (κ3) is 3.45. The van der Waals surface area contributed by atoms with E-state index in [-0.39, 0.29) is 11.6 Å². The van der Waals surface area contributed by atoms with Crippen molar-refractivity contribution in [1.29, 1.82) is 0 Å². The number of hydrogen-bond acceptors (Lipinski definition) is 4. The number of rotatable bonds is 5. The highest BCUT2D eigenvalue weighted by molar-refractivity contribution is 7.92. The Morgan fingerprint density at radius 3 is 2.84 bits per heavy atom. The van der Waals surface area contributed by atoms with Crippen LogP contribution < -0.4 is 4.72 Å². The predicted molar refractivity (Wildman–Crippen MR) is 74.6 cm³/mol. The molecular formula is C11H13ClN4O2S. The second-order valence-electron chi connectivity index (χ2n) is 3.96. The molecule has 0 bridgehead atoms. The Morgan fingerprint density at radius 2 is 2.21 bits per heavy atom. The Morgan fingerprint density at radius 1 is 1.42 bits per heavy atom. The Kier molecular flexibility index (Phi) is 4.06. The summed E-state index contributed by atoms with van der Waals surface area (Å²) in [4.78, 5) is 0. The second kappa shape index (κ2) is 5.58. The van der Waals surface area contributed by atoms with E-state index in [2.05, 4.69) is 14.9 Å². The minimum atomic E-state index is -3.41. The molecule has 0 aliphatic heterocycles. The fraction of sp³-hybridized carbons (Fsp3) is 0.273. The summed E-state index contributed by atoms with van der Waals surface area (Å²) in [6, 6.07) is 6.97. The van der Waals surface area contributed by atoms with Crippen molar-refractivity contribution in [2.45, 2.75) is 0 Å². The van der Waals surface area contributed by atoms with Gasteiger partial charge in [0.2, 0.25) is 10.0 Å². The van der Waals surface area contributed by atoms with Gasteiger partial charge in [0.1, 0.15) is 6.33 Å². The van der Waals surface area contributed by atoms with Crippen LogP contribution in [0.25, 0.3) is 11.4 Å². The molecule has 0 spiro atoms. The molecule has 0 saturated carbocycles. The number of halogens is 1. The van der Waals surface area contributed by atoms with E-state index >= 15 is 0 Å². The van der Waals surface area contributed by atoms with Crippen molar-refractivity contribution < 1.29 is 8.42 Å². The van der Waals surface area contributed by atoms with Crippen LogP contribution in [-0.2, 0) is 17.1 Å². The number of benzene rings is 1. The zero-order valence-corrected chi connectivity index (χ0v) is 11.8. The number of hydrogen-bond donors (Lipinski definition) is 1. The molecule has 8 heteroatoms. The van der Waals surface area contributed by atoms with Crippen molar-refractivity contribution in [1.82, 2.24) is 14.8 Å². The number of anilines is 1.